The van der Waals surface area contributed by atoms with Gasteiger partial charge in [-0.15, -0.1) is 23.2 Å². The second kappa shape index (κ2) is 7.34. The monoisotopic (exact) mass is 458 g/mol. The molecule has 0 aliphatic rings. The van der Waals surface area contributed by atoms with Gasteiger partial charge in [-0.1, -0.05) is 59.9 Å². The molecule has 0 aliphatic carbocycles. The molecule has 96 valence electrons. The van der Waals surface area contributed by atoms with E-state index >= 15 is 0 Å². The van der Waals surface area contributed by atoms with Crippen LogP contribution in [0.15, 0.2) is 12.2 Å². The van der Waals surface area contributed by atoms with Crippen molar-refractivity contribution in [1.29, 1.82) is 0 Å². The molecular formula is C10H15Br3Cl2O. The van der Waals surface area contributed by atoms with E-state index in [9.17, 15) is 5.11 Å². The first-order valence-corrected chi connectivity index (χ1v) is 8.54. The first-order chi connectivity index (χ1) is 7.17. The quantitative estimate of drug-likeness (QED) is 0.458. The van der Waals surface area contributed by atoms with Crippen LogP contribution in [0.2, 0.25) is 0 Å². The number of halogens is 5. The summed E-state index contributed by atoms with van der Waals surface area (Å²) in [6.07, 6.45) is 3.56. The summed E-state index contributed by atoms with van der Waals surface area (Å²) < 4.78 is 0. The molecule has 0 fully saturated rings. The van der Waals surface area contributed by atoms with E-state index in [0.717, 1.165) is 0 Å². The molecule has 0 aliphatic heterocycles. The second-order valence-electron chi connectivity index (χ2n) is 4.02. The van der Waals surface area contributed by atoms with Gasteiger partial charge in [-0.05, 0) is 13.8 Å². The largest absolute Gasteiger partial charge is 0.385 e. The minimum absolute atomic E-state index is 0.0220. The van der Waals surface area contributed by atoms with Crippen LogP contribution < -0.4 is 0 Å². The molecule has 0 saturated carbocycles. The Balaban J connectivity index is 4.63. The Morgan fingerprint density at radius 3 is 2.25 bits per heavy atom. The molecule has 1 N–H and O–H groups in total. The summed E-state index contributed by atoms with van der Waals surface area (Å²) in [6, 6.07) is 0. The molecule has 0 rings (SSSR count). The van der Waals surface area contributed by atoms with Crippen molar-refractivity contribution in [3.63, 3.8) is 0 Å². The van der Waals surface area contributed by atoms with Crippen LogP contribution in [0, 0.1) is 0 Å². The molecule has 0 bridgehead atoms. The molecule has 0 amide bonds. The topological polar surface area (TPSA) is 20.2 Å². The Morgan fingerprint density at radius 1 is 1.38 bits per heavy atom. The Morgan fingerprint density at radius 2 is 1.88 bits per heavy atom. The van der Waals surface area contributed by atoms with Crippen LogP contribution in [-0.4, -0.2) is 36.4 Å². The third-order valence-electron chi connectivity index (χ3n) is 2.18. The maximum absolute atomic E-state index is 9.80. The molecule has 0 aromatic rings. The van der Waals surface area contributed by atoms with Gasteiger partial charge in [0, 0.05) is 16.0 Å². The van der Waals surface area contributed by atoms with Gasteiger partial charge in [-0.2, -0.15) is 0 Å². The van der Waals surface area contributed by atoms with Crippen LogP contribution in [0.3, 0.4) is 0 Å². The summed E-state index contributed by atoms with van der Waals surface area (Å²) >= 11 is 22.3. The molecule has 16 heavy (non-hydrogen) atoms. The van der Waals surface area contributed by atoms with Gasteiger partial charge in [0.05, 0.1) is 15.3 Å². The van der Waals surface area contributed by atoms with Crippen molar-refractivity contribution >= 4 is 71.0 Å². The van der Waals surface area contributed by atoms with Crippen molar-refractivity contribution in [2.45, 2.75) is 34.0 Å². The molecule has 6 heteroatoms. The highest BCUT2D eigenvalue weighted by atomic mass is 79.9. The fourth-order valence-corrected chi connectivity index (χ4v) is 2.70. The Hall–Kier alpha value is 1.72. The zero-order chi connectivity index (χ0) is 13.0. The smallest absolute Gasteiger partial charge is 0.0896 e. The molecule has 4 atom stereocenters. The molecule has 0 aromatic carbocycles. The zero-order valence-electron chi connectivity index (χ0n) is 9.06. The van der Waals surface area contributed by atoms with E-state index in [1.54, 1.807) is 13.0 Å². The fraction of sp³-hybridized carbons (Fsp3) is 0.800. The third kappa shape index (κ3) is 5.57. The maximum atomic E-state index is 9.80. The summed E-state index contributed by atoms with van der Waals surface area (Å²) in [6.45, 7) is 3.61. The van der Waals surface area contributed by atoms with Gasteiger partial charge < -0.3 is 5.11 Å². The number of allylic oxidation sites excluding steroid dienone is 1. The van der Waals surface area contributed by atoms with Crippen LogP contribution in [0.1, 0.15) is 13.8 Å². The minimum Gasteiger partial charge on any atom is -0.385 e. The van der Waals surface area contributed by atoms with Crippen LogP contribution >= 0.6 is 71.0 Å². The average Bonchev–Trinajstić information content (AvgIpc) is 2.24. The van der Waals surface area contributed by atoms with E-state index in [1.165, 1.54) is 0 Å². The summed E-state index contributed by atoms with van der Waals surface area (Å²) in [5.41, 5.74) is -0.873. The van der Waals surface area contributed by atoms with Crippen LogP contribution in [0.4, 0.5) is 0 Å². The minimum atomic E-state index is -0.873. The fourth-order valence-electron chi connectivity index (χ4n) is 0.848. The SMILES string of the molecule is CC(O)(C=CC(Br)C(C)(Cl)C(Br)CCl)CBr. The summed E-state index contributed by atoms with van der Waals surface area (Å²) in [7, 11) is 0. The van der Waals surface area contributed by atoms with Crippen molar-refractivity contribution in [2.24, 2.45) is 0 Å². The summed E-state index contributed by atoms with van der Waals surface area (Å²) in [4.78, 5) is -0.665. The van der Waals surface area contributed by atoms with Crippen molar-refractivity contribution in [2.75, 3.05) is 11.2 Å². The Labute approximate surface area is 132 Å². The van der Waals surface area contributed by atoms with E-state index < -0.39 is 10.5 Å². The van der Waals surface area contributed by atoms with Gasteiger partial charge in [-0.3, -0.25) is 0 Å². The van der Waals surface area contributed by atoms with Crippen molar-refractivity contribution in [3.8, 4) is 0 Å². The van der Waals surface area contributed by atoms with Gasteiger partial charge in [0.25, 0.3) is 0 Å². The molecule has 0 saturated heterocycles. The highest BCUT2D eigenvalue weighted by molar-refractivity contribution is 9.10. The highest BCUT2D eigenvalue weighted by Gasteiger charge is 2.35. The lowest BCUT2D eigenvalue weighted by atomic mass is 10.0. The number of hydrogen-bond donors (Lipinski definition) is 1. The molecule has 4 unspecified atom stereocenters. The molecular weight excluding hydrogens is 447 g/mol. The van der Waals surface area contributed by atoms with E-state index in [-0.39, 0.29) is 9.65 Å². The van der Waals surface area contributed by atoms with Crippen molar-refractivity contribution in [3.05, 3.63) is 12.2 Å². The average molecular weight is 462 g/mol. The van der Waals surface area contributed by atoms with Crippen molar-refractivity contribution < 1.29 is 5.11 Å². The lowest BCUT2D eigenvalue weighted by molar-refractivity contribution is 0.139. The number of alkyl halides is 5. The molecule has 1 nitrogen and oxygen atoms in total. The second-order valence-corrected chi connectivity index (χ2v) is 7.80. The third-order valence-corrected chi connectivity index (χ3v) is 7.56. The van der Waals surface area contributed by atoms with Gasteiger partial charge in [0.15, 0.2) is 0 Å². The normalized spacial score (nSPS) is 23.8. The standard InChI is InChI=1S/C10H15Br3Cl2O/c1-9(16,6-11)4-3-7(12)10(2,15)8(13)5-14/h3-4,7-8,16H,5-6H2,1-2H3. The highest BCUT2D eigenvalue weighted by Crippen LogP contribution is 2.35. The van der Waals surface area contributed by atoms with Crippen LogP contribution in [0.25, 0.3) is 0 Å². The van der Waals surface area contributed by atoms with E-state index in [4.69, 9.17) is 23.2 Å². The summed E-state index contributed by atoms with van der Waals surface area (Å²) in [5.74, 6) is 0.421. The lowest BCUT2D eigenvalue weighted by Crippen LogP contribution is -2.39. The zero-order valence-corrected chi connectivity index (χ0v) is 15.3. The number of rotatable bonds is 6. The molecule has 0 heterocycles. The predicted octanol–water partition coefficient (Wildman–Crippen LogP) is 4.45. The van der Waals surface area contributed by atoms with Gasteiger partial charge in [0.2, 0.25) is 0 Å². The number of hydrogen-bond acceptors (Lipinski definition) is 1. The summed E-state index contributed by atoms with van der Waals surface area (Å²) in [5, 5.41) is 10.3. The predicted molar refractivity (Wildman–Crippen MR) is 84.0 cm³/mol. The lowest BCUT2D eigenvalue weighted by Gasteiger charge is -2.30. The van der Waals surface area contributed by atoms with Gasteiger partial charge >= 0.3 is 0 Å². The van der Waals surface area contributed by atoms with Gasteiger partial charge in [-0.25, -0.2) is 0 Å². The van der Waals surface area contributed by atoms with Gasteiger partial charge in [0.1, 0.15) is 0 Å². The van der Waals surface area contributed by atoms with E-state index in [0.29, 0.717) is 11.2 Å². The van der Waals surface area contributed by atoms with E-state index in [2.05, 4.69) is 47.8 Å². The van der Waals surface area contributed by atoms with Crippen LogP contribution in [-0.2, 0) is 0 Å². The first-order valence-electron chi connectivity index (χ1n) is 4.68. The maximum Gasteiger partial charge on any atom is 0.0896 e. The number of aliphatic hydroxyl groups is 1. The first kappa shape index (κ1) is 17.7. The Bertz CT molecular complexity index is 244. The van der Waals surface area contributed by atoms with E-state index in [1.807, 2.05) is 13.0 Å². The Kier molecular flexibility index (Phi) is 8.13. The van der Waals surface area contributed by atoms with Crippen LogP contribution in [0.5, 0.6) is 0 Å². The molecule has 0 radical (unpaired) electrons. The molecule has 0 spiro atoms. The molecule has 0 aromatic heterocycles. The van der Waals surface area contributed by atoms with Crippen molar-refractivity contribution in [1.82, 2.24) is 0 Å².